The number of benzene rings is 1. The van der Waals surface area contributed by atoms with Crippen molar-refractivity contribution in [3.05, 3.63) is 47.8 Å². The first-order valence-electron chi connectivity index (χ1n) is 5.97. The topological polar surface area (TPSA) is 76.4 Å². The van der Waals surface area contributed by atoms with Gasteiger partial charge in [-0.1, -0.05) is 30.3 Å². The zero-order chi connectivity index (χ0) is 14.5. The number of aliphatic carboxylic acids is 1. The second-order valence-electron chi connectivity index (χ2n) is 4.16. The first-order valence-corrected chi connectivity index (χ1v) is 5.97. The van der Waals surface area contributed by atoms with Gasteiger partial charge in [-0.3, -0.25) is 10.3 Å². The zero-order valence-corrected chi connectivity index (χ0v) is 11.2. The van der Waals surface area contributed by atoms with E-state index in [0.717, 1.165) is 16.8 Å². The number of nitrogens with one attached hydrogen (secondary N) is 1. The highest BCUT2D eigenvalue weighted by Crippen LogP contribution is 2.21. The van der Waals surface area contributed by atoms with Crippen molar-refractivity contribution in [2.24, 2.45) is 0 Å². The fourth-order valence-corrected chi connectivity index (χ4v) is 1.80. The van der Waals surface area contributed by atoms with Crippen molar-refractivity contribution in [2.75, 3.05) is 7.11 Å². The molecular weight excluding hydrogens is 258 g/mol. The summed E-state index contributed by atoms with van der Waals surface area (Å²) in [5.74, 6) is -1.12. The molecule has 0 fully saturated rings. The van der Waals surface area contributed by atoms with Crippen molar-refractivity contribution >= 4 is 12.2 Å². The predicted octanol–water partition coefficient (Wildman–Crippen LogP) is 1.89. The molecule has 0 bridgehead atoms. The summed E-state index contributed by atoms with van der Waals surface area (Å²) in [7, 11) is 1.35. The summed E-state index contributed by atoms with van der Waals surface area (Å²) in [4.78, 5) is 15.6. The van der Waals surface area contributed by atoms with Crippen LogP contribution in [0.4, 0.5) is 0 Å². The highest BCUT2D eigenvalue weighted by Gasteiger charge is 2.10. The van der Waals surface area contributed by atoms with E-state index in [1.54, 1.807) is 6.20 Å². The van der Waals surface area contributed by atoms with E-state index in [-0.39, 0.29) is 5.70 Å². The van der Waals surface area contributed by atoms with Crippen LogP contribution < -0.4 is 5.48 Å². The van der Waals surface area contributed by atoms with Gasteiger partial charge < -0.3 is 5.11 Å². The van der Waals surface area contributed by atoms with Crippen LogP contribution >= 0.6 is 0 Å². The lowest BCUT2D eigenvalue weighted by atomic mass is 10.1. The van der Waals surface area contributed by atoms with E-state index in [1.165, 1.54) is 18.0 Å². The maximum absolute atomic E-state index is 11.0. The maximum Gasteiger partial charge on any atom is 0.355 e. The number of rotatable bonds is 5. The summed E-state index contributed by atoms with van der Waals surface area (Å²) in [5.41, 5.74) is 4.94. The molecular formula is C14H15N3O3. The van der Waals surface area contributed by atoms with Crippen molar-refractivity contribution in [1.29, 1.82) is 0 Å². The van der Waals surface area contributed by atoms with Gasteiger partial charge in [0, 0.05) is 11.8 Å². The van der Waals surface area contributed by atoms with E-state index in [4.69, 9.17) is 5.11 Å². The lowest BCUT2D eigenvalue weighted by Crippen LogP contribution is -2.19. The summed E-state index contributed by atoms with van der Waals surface area (Å²) in [6.45, 7) is 1.92. The maximum atomic E-state index is 11.0. The summed E-state index contributed by atoms with van der Waals surface area (Å²) in [6.07, 6.45) is 3.11. The number of carboxylic acids is 1. The number of aromatic nitrogens is 2. The van der Waals surface area contributed by atoms with Gasteiger partial charge in [0.2, 0.25) is 0 Å². The quantitative estimate of drug-likeness (QED) is 0.642. The second-order valence-corrected chi connectivity index (χ2v) is 4.16. The highest BCUT2D eigenvalue weighted by molar-refractivity contribution is 5.89. The second kappa shape index (κ2) is 6.03. The van der Waals surface area contributed by atoms with Gasteiger partial charge in [0.15, 0.2) is 5.70 Å². The number of nitrogens with zero attached hydrogens (tertiary/aromatic N) is 2. The molecule has 1 aromatic carbocycles. The number of carboxylic acid groups (broad SMARTS) is 1. The van der Waals surface area contributed by atoms with E-state index in [1.807, 2.05) is 37.3 Å². The normalized spacial score (nSPS) is 11.4. The molecule has 2 N–H and O–H groups in total. The Morgan fingerprint density at radius 1 is 1.40 bits per heavy atom. The van der Waals surface area contributed by atoms with Gasteiger partial charge in [0.1, 0.15) is 0 Å². The molecule has 6 heteroatoms. The largest absolute Gasteiger partial charge is 0.476 e. The van der Waals surface area contributed by atoms with Crippen LogP contribution in [-0.2, 0) is 9.63 Å². The SMILES string of the molecule is CONC(=Cn1cc(C)c(-c2ccccc2)n1)C(=O)O. The molecule has 6 nitrogen and oxygen atoms in total. The molecule has 0 spiro atoms. The summed E-state index contributed by atoms with van der Waals surface area (Å²) < 4.78 is 1.45. The van der Waals surface area contributed by atoms with Crippen LogP contribution in [0.1, 0.15) is 5.56 Å². The Labute approximate surface area is 116 Å². The minimum atomic E-state index is -1.12. The van der Waals surface area contributed by atoms with Gasteiger partial charge in [-0.05, 0) is 12.5 Å². The third-order valence-corrected chi connectivity index (χ3v) is 2.67. The lowest BCUT2D eigenvalue weighted by Gasteiger charge is -2.03. The summed E-state index contributed by atoms with van der Waals surface area (Å²) >= 11 is 0. The van der Waals surface area contributed by atoms with Crippen LogP contribution in [0.5, 0.6) is 0 Å². The van der Waals surface area contributed by atoms with Crippen LogP contribution in [0.3, 0.4) is 0 Å². The Morgan fingerprint density at radius 3 is 2.70 bits per heavy atom. The minimum absolute atomic E-state index is 0.102. The fraction of sp³-hybridized carbons (Fsp3) is 0.143. The van der Waals surface area contributed by atoms with Crippen molar-refractivity contribution in [1.82, 2.24) is 15.3 Å². The monoisotopic (exact) mass is 273 g/mol. The zero-order valence-electron chi connectivity index (χ0n) is 11.2. The van der Waals surface area contributed by atoms with Gasteiger partial charge >= 0.3 is 5.97 Å². The van der Waals surface area contributed by atoms with Crippen LogP contribution in [-0.4, -0.2) is 28.0 Å². The average molecular weight is 273 g/mol. The molecule has 0 aliphatic rings. The predicted molar refractivity (Wildman–Crippen MR) is 74.5 cm³/mol. The summed E-state index contributed by atoms with van der Waals surface area (Å²) in [6, 6.07) is 9.70. The van der Waals surface area contributed by atoms with Gasteiger partial charge in [-0.25, -0.2) is 9.48 Å². The smallest absolute Gasteiger partial charge is 0.355 e. The third-order valence-electron chi connectivity index (χ3n) is 2.67. The number of carbonyl (C=O) groups is 1. The van der Waals surface area contributed by atoms with E-state index >= 15 is 0 Å². The van der Waals surface area contributed by atoms with Gasteiger partial charge in [-0.2, -0.15) is 5.10 Å². The molecule has 2 aromatic rings. The molecule has 2 rings (SSSR count). The van der Waals surface area contributed by atoms with Crippen molar-refractivity contribution in [3.63, 3.8) is 0 Å². The van der Waals surface area contributed by atoms with Gasteiger partial charge in [0.25, 0.3) is 0 Å². The van der Waals surface area contributed by atoms with E-state index in [2.05, 4.69) is 15.4 Å². The van der Waals surface area contributed by atoms with Crippen molar-refractivity contribution in [3.8, 4) is 11.3 Å². The van der Waals surface area contributed by atoms with Crippen molar-refractivity contribution in [2.45, 2.75) is 6.92 Å². The molecule has 0 amide bonds. The molecule has 0 radical (unpaired) electrons. The third kappa shape index (κ3) is 3.04. The molecule has 104 valence electrons. The van der Waals surface area contributed by atoms with Crippen LogP contribution in [0, 0.1) is 6.92 Å². The number of hydrogen-bond acceptors (Lipinski definition) is 4. The molecule has 1 heterocycles. The Balaban J connectivity index is 2.36. The average Bonchev–Trinajstić information content (AvgIpc) is 2.80. The fourth-order valence-electron chi connectivity index (χ4n) is 1.80. The molecule has 20 heavy (non-hydrogen) atoms. The van der Waals surface area contributed by atoms with Crippen molar-refractivity contribution < 1.29 is 14.7 Å². The van der Waals surface area contributed by atoms with E-state index < -0.39 is 5.97 Å². The molecule has 0 atom stereocenters. The molecule has 0 saturated heterocycles. The summed E-state index contributed by atoms with van der Waals surface area (Å²) in [5, 5.41) is 13.4. The van der Waals surface area contributed by atoms with E-state index in [0.29, 0.717) is 0 Å². The van der Waals surface area contributed by atoms with Crippen LogP contribution in [0.25, 0.3) is 17.5 Å². The Hall–Kier alpha value is -2.60. The molecule has 0 saturated carbocycles. The number of hydrogen-bond donors (Lipinski definition) is 2. The Morgan fingerprint density at radius 2 is 2.10 bits per heavy atom. The lowest BCUT2D eigenvalue weighted by molar-refractivity contribution is -0.134. The highest BCUT2D eigenvalue weighted by atomic mass is 16.6. The van der Waals surface area contributed by atoms with Crippen LogP contribution in [0.15, 0.2) is 42.2 Å². The molecule has 1 aromatic heterocycles. The van der Waals surface area contributed by atoms with Gasteiger partial charge in [0.05, 0.1) is 19.0 Å². The Kier molecular flexibility index (Phi) is 4.17. The molecule has 0 unspecified atom stereocenters. The molecule has 0 aliphatic carbocycles. The Bertz CT molecular complexity index is 632. The van der Waals surface area contributed by atoms with Crippen LogP contribution in [0.2, 0.25) is 0 Å². The number of aryl methyl sites for hydroxylation is 1. The van der Waals surface area contributed by atoms with Gasteiger partial charge in [-0.15, -0.1) is 0 Å². The standard InChI is InChI=1S/C14H15N3O3/c1-10-8-17(9-12(14(18)19)16-20-2)15-13(10)11-6-4-3-5-7-11/h3-9,16H,1-2H3,(H,18,19). The number of hydroxylamine groups is 1. The minimum Gasteiger partial charge on any atom is -0.476 e. The molecule has 0 aliphatic heterocycles. The first kappa shape index (κ1) is 13.8. The first-order chi connectivity index (χ1) is 9.61. The van der Waals surface area contributed by atoms with E-state index in [9.17, 15) is 4.79 Å².